The molecule has 0 radical (unpaired) electrons. The number of carbonyl (C=O) groups is 1. The number of aromatic nitrogens is 3. The van der Waals surface area contributed by atoms with Gasteiger partial charge in [0.2, 0.25) is 5.91 Å². The van der Waals surface area contributed by atoms with Gasteiger partial charge in [0.05, 0.1) is 19.0 Å². The van der Waals surface area contributed by atoms with E-state index in [-0.39, 0.29) is 11.8 Å². The van der Waals surface area contributed by atoms with Crippen LogP contribution in [-0.2, 0) is 42.2 Å². The molecule has 1 fully saturated rings. The molecule has 9 nitrogen and oxygen atoms in total. The molecule has 0 spiro atoms. The van der Waals surface area contributed by atoms with Crippen molar-refractivity contribution in [2.24, 2.45) is 5.92 Å². The fourth-order valence-electron chi connectivity index (χ4n) is 4.35. The molecule has 2 aliphatic heterocycles. The van der Waals surface area contributed by atoms with Crippen LogP contribution in [0.15, 0.2) is 16.5 Å². The first-order chi connectivity index (χ1) is 14.6. The van der Waals surface area contributed by atoms with Crippen LogP contribution in [-0.4, -0.2) is 70.8 Å². The van der Waals surface area contributed by atoms with Gasteiger partial charge in [0.15, 0.2) is 5.82 Å². The number of amides is 1. The van der Waals surface area contributed by atoms with Crippen LogP contribution in [0.25, 0.3) is 0 Å². The summed E-state index contributed by atoms with van der Waals surface area (Å²) < 4.78 is 13.1. The van der Waals surface area contributed by atoms with Crippen LogP contribution in [0, 0.1) is 5.92 Å². The van der Waals surface area contributed by atoms with E-state index in [0.29, 0.717) is 13.2 Å². The molecule has 30 heavy (non-hydrogen) atoms. The molecular formula is C21H32N6O3. The second-order valence-electron chi connectivity index (χ2n) is 8.33. The van der Waals surface area contributed by atoms with Gasteiger partial charge in [-0.3, -0.25) is 9.69 Å². The number of piperidine rings is 1. The second kappa shape index (κ2) is 9.72. The Morgan fingerprint density at radius 2 is 2.10 bits per heavy atom. The van der Waals surface area contributed by atoms with Crippen LogP contribution < -0.4 is 5.32 Å². The zero-order valence-electron chi connectivity index (χ0n) is 18.0. The van der Waals surface area contributed by atoms with Gasteiger partial charge in [0.1, 0.15) is 24.0 Å². The molecule has 2 aromatic heterocycles. The van der Waals surface area contributed by atoms with Crippen molar-refractivity contribution in [1.82, 2.24) is 29.9 Å². The maximum absolute atomic E-state index is 12.6. The molecule has 2 aliphatic rings. The predicted molar refractivity (Wildman–Crippen MR) is 110 cm³/mol. The van der Waals surface area contributed by atoms with Crippen LogP contribution >= 0.6 is 0 Å². The van der Waals surface area contributed by atoms with Crippen molar-refractivity contribution in [3.63, 3.8) is 0 Å². The lowest BCUT2D eigenvalue weighted by atomic mass is 9.98. The second-order valence-corrected chi connectivity index (χ2v) is 8.33. The fraction of sp³-hybridized carbons (Fsp3) is 0.667. The number of likely N-dealkylation sites (tertiary alicyclic amines) is 1. The minimum absolute atomic E-state index is 0.0714. The quantitative estimate of drug-likeness (QED) is 0.721. The topological polar surface area (TPSA) is 88.7 Å². The van der Waals surface area contributed by atoms with E-state index in [1.54, 1.807) is 7.11 Å². The number of hydrogen-bond donors (Lipinski definition) is 1. The van der Waals surface area contributed by atoms with E-state index in [2.05, 4.69) is 36.9 Å². The summed E-state index contributed by atoms with van der Waals surface area (Å²) in [6, 6.07) is 3.99. The summed E-state index contributed by atoms with van der Waals surface area (Å²) in [7, 11) is 3.74. The summed E-state index contributed by atoms with van der Waals surface area (Å²) >= 11 is 0. The molecule has 164 valence electrons. The lowest BCUT2D eigenvalue weighted by Crippen LogP contribution is -2.41. The zero-order valence-corrected chi connectivity index (χ0v) is 18.0. The number of methoxy groups -OCH3 is 1. The molecule has 2 aromatic rings. The lowest BCUT2D eigenvalue weighted by molar-refractivity contribution is -0.126. The van der Waals surface area contributed by atoms with E-state index in [0.717, 1.165) is 81.7 Å². The van der Waals surface area contributed by atoms with Crippen molar-refractivity contribution in [3.8, 4) is 0 Å². The van der Waals surface area contributed by atoms with E-state index in [1.807, 2.05) is 12.1 Å². The molecule has 1 N–H and O–H groups in total. The molecule has 1 atom stereocenters. The fourth-order valence-corrected chi connectivity index (χ4v) is 4.35. The van der Waals surface area contributed by atoms with Crippen LogP contribution in [0.5, 0.6) is 0 Å². The van der Waals surface area contributed by atoms with Crippen LogP contribution in [0.3, 0.4) is 0 Å². The third-order valence-corrected chi connectivity index (χ3v) is 5.99. The molecule has 4 rings (SSSR count). The number of hydrogen-bond acceptors (Lipinski definition) is 7. The highest BCUT2D eigenvalue weighted by atomic mass is 16.5. The average Bonchev–Trinajstić information content (AvgIpc) is 3.29. The molecule has 4 heterocycles. The van der Waals surface area contributed by atoms with Gasteiger partial charge in [-0.2, -0.15) is 0 Å². The number of ether oxygens (including phenoxy) is 1. The van der Waals surface area contributed by atoms with Crippen molar-refractivity contribution in [2.75, 3.05) is 40.3 Å². The van der Waals surface area contributed by atoms with Crippen LogP contribution in [0.4, 0.5) is 0 Å². The Bertz CT molecular complexity index is 848. The Balaban J connectivity index is 1.30. The first-order valence-electron chi connectivity index (χ1n) is 10.8. The van der Waals surface area contributed by atoms with Gasteiger partial charge in [-0.15, -0.1) is 10.2 Å². The van der Waals surface area contributed by atoms with Gasteiger partial charge in [-0.25, -0.2) is 0 Å². The third kappa shape index (κ3) is 5.08. The first-order valence-corrected chi connectivity index (χ1v) is 10.8. The van der Waals surface area contributed by atoms with Crippen molar-refractivity contribution >= 4 is 5.91 Å². The van der Waals surface area contributed by atoms with E-state index in [1.165, 1.54) is 0 Å². The molecule has 0 aliphatic carbocycles. The highest BCUT2D eigenvalue weighted by Gasteiger charge is 2.25. The number of nitrogens with one attached hydrogen (secondary N) is 1. The molecule has 9 heteroatoms. The number of furan rings is 1. The van der Waals surface area contributed by atoms with E-state index in [4.69, 9.17) is 9.15 Å². The number of carbonyl (C=O) groups excluding carboxylic acids is 1. The lowest BCUT2D eigenvalue weighted by Gasteiger charge is -2.28. The Kier molecular flexibility index (Phi) is 6.81. The van der Waals surface area contributed by atoms with Gasteiger partial charge in [0.25, 0.3) is 0 Å². The Morgan fingerprint density at radius 1 is 1.23 bits per heavy atom. The zero-order chi connectivity index (χ0) is 20.9. The van der Waals surface area contributed by atoms with Crippen molar-refractivity contribution in [2.45, 2.75) is 45.5 Å². The van der Waals surface area contributed by atoms with Gasteiger partial charge in [-0.1, -0.05) is 0 Å². The number of nitrogens with zero attached hydrogens (tertiary/aromatic N) is 5. The minimum atomic E-state index is 0.0714. The predicted octanol–water partition coefficient (Wildman–Crippen LogP) is 1.03. The molecule has 0 saturated carbocycles. The molecule has 1 amide bonds. The summed E-state index contributed by atoms with van der Waals surface area (Å²) in [5.74, 6) is 3.82. The molecule has 0 bridgehead atoms. The Hall–Kier alpha value is -2.23. The number of rotatable bonds is 7. The van der Waals surface area contributed by atoms with Crippen molar-refractivity contribution < 1.29 is 13.9 Å². The first kappa shape index (κ1) is 21.0. The van der Waals surface area contributed by atoms with Crippen molar-refractivity contribution in [1.29, 1.82) is 0 Å². The summed E-state index contributed by atoms with van der Waals surface area (Å²) in [5, 5.41) is 11.8. The van der Waals surface area contributed by atoms with Crippen LogP contribution in [0.1, 0.15) is 36.0 Å². The van der Waals surface area contributed by atoms with Gasteiger partial charge < -0.3 is 23.9 Å². The highest BCUT2D eigenvalue weighted by Crippen LogP contribution is 2.17. The number of fused-ring (bicyclic) bond motifs is 1. The third-order valence-electron chi connectivity index (χ3n) is 5.99. The monoisotopic (exact) mass is 416 g/mol. The van der Waals surface area contributed by atoms with Crippen molar-refractivity contribution in [3.05, 3.63) is 35.3 Å². The molecule has 1 unspecified atom stereocenters. The summed E-state index contributed by atoms with van der Waals surface area (Å²) in [6.07, 6.45) is 2.87. The smallest absolute Gasteiger partial charge is 0.224 e. The average molecular weight is 417 g/mol. The van der Waals surface area contributed by atoms with Gasteiger partial charge in [0, 0.05) is 39.7 Å². The summed E-state index contributed by atoms with van der Waals surface area (Å²) in [6.45, 7) is 6.20. The summed E-state index contributed by atoms with van der Waals surface area (Å²) in [4.78, 5) is 17.1. The Morgan fingerprint density at radius 3 is 2.93 bits per heavy atom. The van der Waals surface area contributed by atoms with Gasteiger partial charge in [-0.05, 0) is 38.6 Å². The Labute approximate surface area is 177 Å². The largest absolute Gasteiger partial charge is 0.462 e. The molecule has 1 saturated heterocycles. The summed E-state index contributed by atoms with van der Waals surface area (Å²) in [5.41, 5.74) is 0. The minimum Gasteiger partial charge on any atom is -0.462 e. The SMILES string of the molecule is COCc1ccc(CN2CCc3nnc(CNC(=O)C4CCCN(C)C4)n3CC2)o1. The molecular weight excluding hydrogens is 384 g/mol. The standard InChI is InChI=1S/C21H32N6O3/c1-25-8-3-4-16(13-25)21(28)22-12-20-24-23-19-7-9-26(10-11-27(19)20)14-17-5-6-18(30-17)15-29-2/h5-6,16H,3-4,7-15H2,1-2H3,(H,22,28). The van der Waals surface area contributed by atoms with Gasteiger partial charge >= 0.3 is 0 Å². The molecule has 0 aromatic carbocycles. The maximum atomic E-state index is 12.6. The van der Waals surface area contributed by atoms with E-state index >= 15 is 0 Å². The normalized spacial score (nSPS) is 20.7. The highest BCUT2D eigenvalue weighted by molar-refractivity contribution is 5.78. The van der Waals surface area contributed by atoms with Crippen LogP contribution in [0.2, 0.25) is 0 Å². The van der Waals surface area contributed by atoms with E-state index < -0.39 is 0 Å². The van der Waals surface area contributed by atoms with E-state index in [9.17, 15) is 4.79 Å². The maximum Gasteiger partial charge on any atom is 0.224 e.